The van der Waals surface area contributed by atoms with Crippen molar-refractivity contribution in [3.8, 4) is 0 Å². The van der Waals surface area contributed by atoms with Crippen molar-refractivity contribution in [3.63, 3.8) is 0 Å². The number of carbonyl (C=O) groups excluding carboxylic acids is 1. The Morgan fingerprint density at radius 1 is 1.14 bits per heavy atom. The van der Waals surface area contributed by atoms with Crippen LogP contribution < -0.4 is 5.32 Å². The Kier molecular flexibility index (Phi) is 6.69. The maximum atomic E-state index is 11.6. The monoisotopic (exact) mass is 411 g/mol. The van der Waals surface area contributed by atoms with Crippen molar-refractivity contribution in [2.75, 3.05) is 13.7 Å². The highest BCUT2D eigenvalue weighted by atomic mass is 16.7. The molecular weight excluding hydrogens is 382 g/mol. The van der Waals surface area contributed by atoms with Gasteiger partial charge in [0.2, 0.25) is 5.91 Å². The van der Waals surface area contributed by atoms with E-state index in [0.717, 1.165) is 14.0 Å². The number of methoxy groups -OCH3 is 1. The van der Waals surface area contributed by atoms with Crippen LogP contribution in [0.15, 0.2) is 0 Å². The summed E-state index contributed by atoms with van der Waals surface area (Å²) in [6.07, 6.45) is -17.2. The fourth-order valence-corrected chi connectivity index (χ4v) is 3.15. The molecule has 2 aliphatic rings. The molecule has 4 unspecified atom stereocenters. The number of aliphatic hydroxyl groups excluding tert-OH is 4. The zero-order valence-corrected chi connectivity index (χ0v) is 15.5. The summed E-state index contributed by atoms with van der Waals surface area (Å²) in [4.78, 5) is 23.1. The predicted octanol–water partition coefficient (Wildman–Crippen LogP) is -3.44. The number of aliphatic hydroxyl groups is 4. The SMILES string of the molecule is [2H][C@@]1(O[C@@H]2C(NC(C)=O)[C@]([2H])(C)OC(CO)[C@H]2O)OC(C(=O)O)[C@@H](OC)[C@H](O)C1O. The Hall–Kier alpha value is -1.38. The van der Waals surface area contributed by atoms with Crippen LogP contribution in [-0.4, -0.2) is 112 Å². The zero-order chi connectivity index (χ0) is 23.0. The number of ether oxygens (including phenoxy) is 4. The van der Waals surface area contributed by atoms with Crippen LogP contribution in [0.25, 0.3) is 0 Å². The molecule has 12 heteroatoms. The van der Waals surface area contributed by atoms with E-state index in [1.165, 1.54) is 6.92 Å². The molecule has 0 aromatic rings. The number of hydrogen-bond acceptors (Lipinski definition) is 10. The van der Waals surface area contributed by atoms with Crippen LogP contribution in [-0.2, 0) is 28.5 Å². The van der Waals surface area contributed by atoms with Crippen LogP contribution in [0.2, 0.25) is 0 Å². The average molecular weight is 411 g/mol. The number of nitrogens with one attached hydrogen (secondary N) is 1. The van der Waals surface area contributed by atoms with Gasteiger partial charge in [0.05, 0.1) is 21.5 Å². The lowest BCUT2D eigenvalue weighted by molar-refractivity contribution is -0.327. The topological polar surface area (TPSA) is 184 Å². The lowest BCUT2D eigenvalue weighted by Crippen LogP contribution is -2.67. The highest BCUT2D eigenvalue weighted by molar-refractivity contribution is 5.73. The third-order valence-corrected chi connectivity index (χ3v) is 4.57. The van der Waals surface area contributed by atoms with Crippen molar-refractivity contribution in [2.45, 2.75) is 75.0 Å². The van der Waals surface area contributed by atoms with Crippen LogP contribution in [0.5, 0.6) is 0 Å². The first-order valence-electron chi connectivity index (χ1n) is 9.50. The molecule has 0 bridgehead atoms. The molecule has 0 aromatic carbocycles. The van der Waals surface area contributed by atoms with E-state index >= 15 is 0 Å². The van der Waals surface area contributed by atoms with Gasteiger partial charge >= 0.3 is 5.97 Å². The highest BCUT2D eigenvalue weighted by Crippen LogP contribution is 2.30. The Morgan fingerprint density at radius 2 is 1.79 bits per heavy atom. The summed E-state index contributed by atoms with van der Waals surface area (Å²) in [6, 6.07) is -1.42. The zero-order valence-electron chi connectivity index (χ0n) is 17.5. The number of carbonyl (C=O) groups is 2. The molecule has 10 atom stereocenters. The van der Waals surface area contributed by atoms with Gasteiger partial charge in [-0.25, -0.2) is 4.79 Å². The van der Waals surface area contributed by atoms with E-state index in [2.05, 4.69) is 5.32 Å². The van der Waals surface area contributed by atoms with E-state index < -0.39 is 79.6 Å². The Morgan fingerprint density at radius 3 is 2.29 bits per heavy atom. The summed E-state index contributed by atoms with van der Waals surface area (Å²) in [7, 11) is 1.07. The van der Waals surface area contributed by atoms with Gasteiger partial charge in [0.1, 0.15) is 36.6 Å². The van der Waals surface area contributed by atoms with Gasteiger partial charge in [0.15, 0.2) is 12.4 Å². The number of amides is 1. The minimum atomic E-state index is -2.94. The second-order valence-corrected chi connectivity index (χ2v) is 6.53. The minimum absolute atomic E-state index is 0.641. The van der Waals surface area contributed by atoms with Crippen molar-refractivity contribution in [2.24, 2.45) is 0 Å². The molecule has 0 spiro atoms. The van der Waals surface area contributed by atoms with E-state index in [1.54, 1.807) is 0 Å². The standard InChI is InChI=1S/C16H27NO11/c1-5-8(17-6(2)19)12(9(20)7(4-18)26-5)27-16-11(22)10(21)13(25-3)14(28-16)15(23)24/h5,7-14,16,18,20-22H,4H2,1-3H3,(H,17,19)(H,23,24)/t5-,7?,8?,9+,10+,11?,12+,13-,14?,16+/m0/s1/i5D,16D. The molecule has 28 heavy (non-hydrogen) atoms. The molecule has 1 amide bonds. The normalized spacial score (nSPS) is 50.4. The van der Waals surface area contributed by atoms with Crippen molar-refractivity contribution in [3.05, 3.63) is 0 Å². The van der Waals surface area contributed by atoms with Crippen LogP contribution in [0.3, 0.4) is 0 Å². The van der Waals surface area contributed by atoms with E-state index in [-0.39, 0.29) is 0 Å². The first-order chi connectivity index (χ1) is 13.8. The quantitative estimate of drug-likeness (QED) is 0.255. The van der Waals surface area contributed by atoms with Gasteiger partial charge < -0.3 is 49.8 Å². The third kappa shape index (κ3) is 4.60. The molecular formula is C16H27NO11. The second-order valence-electron chi connectivity index (χ2n) is 6.53. The number of aliphatic carboxylic acids is 1. The molecule has 2 heterocycles. The Labute approximate surface area is 163 Å². The smallest absolute Gasteiger partial charge is 0.335 e. The molecule has 0 aromatic heterocycles. The summed E-state index contributed by atoms with van der Waals surface area (Å²) < 4.78 is 37.3. The van der Waals surface area contributed by atoms with Crippen LogP contribution >= 0.6 is 0 Å². The maximum absolute atomic E-state index is 11.6. The van der Waals surface area contributed by atoms with E-state index in [1.807, 2.05) is 0 Å². The molecule has 12 nitrogen and oxygen atoms in total. The first-order valence-corrected chi connectivity index (χ1v) is 8.50. The largest absolute Gasteiger partial charge is 0.479 e. The first kappa shape index (κ1) is 19.9. The van der Waals surface area contributed by atoms with Gasteiger partial charge in [-0.15, -0.1) is 0 Å². The number of rotatable bonds is 6. The molecule has 0 aliphatic carbocycles. The fourth-order valence-electron chi connectivity index (χ4n) is 3.15. The maximum Gasteiger partial charge on any atom is 0.335 e. The van der Waals surface area contributed by atoms with Gasteiger partial charge in [0, 0.05) is 14.0 Å². The number of carboxylic acids is 1. The molecule has 6 N–H and O–H groups in total. The summed E-state index contributed by atoms with van der Waals surface area (Å²) in [5.74, 6) is -2.25. The highest BCUT2D eigenvalue weighted by Gasteiger charge is 2.52. The van der Waals surface area contributed by atoms with Crippen LogP contribution in [0.4, 0.5) is 0 Å². The summed E-state index contributed by atoms with van der Waals surface area (Å²) in [5.41, 5.74) is 0. The number of hydrogen-bond donors (Lipinski definition) is 6. The Balaban J connectivity index is 2.42. The van der Waals surface area contributed by atoms with Crippen molar-refractivity contribution >= 4 is 11.9 Å². The third-order valence-electron chi connectivity index (χ3n) is 4.57. The van der Waals surface area contributed by atoms with Gasteiger partial charge in [0.25, 0.3) is 0 Å². The molecule has 0 saturated carbocycles. The van der Waals surface area contributed by atoms with Crippen LogP contribution in [0, 0.1) is 0 Å². The molecule has 2 aliphatic heterocycles. The summed E-state index contributed by atoms with van der Waals surface area (Å²) in [5, 5.41) is 52.3. The van der Waals surface area contributed by atoms with E-state index in [0.29, 0.717) is 0 Å². The fraction of sp³-hybridized carbons (Fsp3) is 0.875. The second kappa shape index (κ2) is 9.41. The molecule has 0 radical (unpaired) electrons. The Bertz CT molecular complexity index is 653. The molecule has 2 rings (SSSR count). The van der Waals surface area contributed by atoms with Gasteiger partial charge in [-0.3, -0.25) is 4.79 Å². The number of carboxylic acid groups (broad SMARTS) is 1. The van der Waals surface area contributed by atoms with Crippen molar-refractivity contribution < 1.29 is 56.8 Å². The van der Waals surface area contributed by atoms with Crippen molar-refractivity contribution in [1.82, 2.24) is 5.32 Å². The molecule has 2 saturated heterocycles. The molecule has 2 fully saturated rings. The predicted molar refractivity (Wildman–Crippen MR) is 89.0 cm³/mol. The lowest BCUT2D eigenvalue weighted by atomic mass is 9.92. The van der Waals surface area contributed by atoms with Gasteiger partial charge in [-0.1, -0.05) is 0 Å². The summed E-state index contributed by atoms with van der Waals surface area (Å²) >= 11 is 0. The van der Waals surface area contributed by atoms with E-state index in [4.69, 9.17) is 21.7 Å². The minimum Gasteiger partial charge on any atom is -0.479 e. The molecule has 162 valence electrons. The van der Waals surface area contributed by atoms with Gasteiger partial charge in [-0.05, 0) is 6.92 Å². The van der Waals surface area contributed by atoms with E-state index in [9.17, 15) is 35.1 Å². The van der Waals surface area contributed by atoms with Crippen LogP contribution in [0.1, 0.15) is 16.6 Å². The summed E-state index contributed by atoms with van der Waals surface area (Å²) in [6.45, 7) is 1.58. The van der Waals surface area contributed by atoms with Gasteiger partial charge in [-0.2, -0.15) is 0 Å². The average Bonchev–Trinajstić information content (AvgIpc) is 2.65. The van der Waals surface area contributed by atoms with Crippen molar-refractivity contribution in [1.29, 1.82) is 0 Å². The lowest BCUT2D eigenvalue weighted by Gasteiger charge is -2.47.